The quantitative estimate of drug-likeness (QED) is 0.498. The minimum Gasteiger partial charge on any atom is -0.361 e. The van der Waals surface area contributed by atoms with Gasteiger partial charge in [0.1, 0.15) is 0 Å². The van der Waals surface area contributed by atoms with Gasteiger partial charge in [0.05, 0.1) is 0 Å². The molecular formula is C23H22N2. The number of hydrogen-bond acceptors (Lipinski definition) is 1. The highest BCUT2D eigenvalue weighted by Crippen LogP contribution is 2.22. The molecule has 0 saturated carbocycles. The van der Waals surface area contributed by atoms with Crippen LogP contribution in [-0.2, 0) is 13.0 Å². The van der Waals surface area contributed by atoms with E-state index in [1.165, 1.54) is 27.6 Å². The minimum atomic E-state index is 0.289. The summed E-state index contributed by atoms with van der Waals surface area (Å²) in [5.41, 5.74) is 5.18. The van der Waals surface area contributed by atoms with Gasteiger partial charge in [0, 0.05) is 29.7 Å². The molecule has 2 N–H and O–H groups in total. The predicted molar refractivity (Wildman–Crippen MR) is 104 cm³/mol. The first-order valence-electron chi connectivity index (χ1n) is 8.77. The third-order valence-corrected chi connectivity index (χ3v) is 4.70. The molecule has 1 unspecified atom stereocenters. The van der Waals surface area contributed by atoms with Crippen LogP contribution in [-0.4, -0.2) is 4.98 Å². The second kappa shape index (κ2) is 7.37. The van der Waals surface area contributed by atoms with Crippen LogP contribution in [0.1, 0.15) is 22.7 Å². The van der Waals surface area contributed by atoms with E-state index < -0.39 is 0 Å². The summed E-state index contributed by atoms with van der Waals surface area (Å²) in [4.78, 5) is 3.36. The number of aromatic nitrogens is 1. The van der Waals surface area contributed by atoms with E-state index in [1.807, 2.05) is 0 Å². The Hall–Kier alpha value is -2.84. The Morgan fingerprint density at radius 3 is 2.24 bits per heavy atom. The molecule has 0 radical (unpaired) electrons. The highest BCUT2D eigenvalue weighted by molar-refractivity contribution is 5.82. The molecule has 2 heteroatoms. The molecule has 0 saturated heterocycles. The highest BCUT2D eigenvalue weighted by Gasteiger charge is 2.13. The Labute approximate surface area is 148 Å². The van der Waals surface area contributed by atoms with Gasteiger partial charge >= 0.3 is 0 Å². The molecule has 1 atom stereocenters. The van der Waals surface area contributed by atoms with Crippen molar-refractivity contribution in [3.8, 4) is 0 Å². The van der Waals surface area contributed by atoms with E-state index >= 15 is 0 Å². The number of aromatic amines is 1. The van der Waals surface area contributed by atoms with Crippen LogP contribution >= 0.6 is 0 Å². The summed E-state index contributed by atoms with van der Waals surface area (Å²) in [7, 11) is 0. The molecule has 0 fully saturated rings. The molecule has 0 aliphatic rings. The Morgan fingerprint density at radius 2 is 1.44 bits per heavy atom. The van der Waals surface area contributed by atoms with Crippen molar-refractivity contribution in [1.29, 1.82) is 0 Å². The van der Waals surface area contributed by atoms with Gasteiger partial charge in [0.15, 0.2) is 0 Å². The van der Waals surface area contributed by atoms with Crippen LogP contribution in [0.25, 0.3) is 10.9 Å². The summed E-state index contributed by atoms with van der Waals surface area (Å²) in [6.07, 6.45) is 3.09. The van der Waals surface area contributed by atoms with E-state index in [2.05, 4.69) is 101 Å². The summed E-state index contributed by atoms with van der Waals surface area (Å²) in [6, 6.07) is 30.1. The number of hydrogen-bond donors (Lipinski definition) is 2. The van der Waals surface area contributed by atoms with Gasteiger partial charge in [-0.25, -0.2) is 0 Å². The van der Waals surface area contributed by atoms with E-state index in [9.17, 15) is 0 Å². The van der Waals surface area contributed by atoms with Crippen LogP contribution in [0.2, 0.25) is 0 Å². The number of para-hydroxylation sites is 1. The van der Waals surface area contributed by atoms with Crippen molar-refractivity contribution in [2.24, 2.45) is 0 Å². The Morgan fingerprint density at radius 1 is 0.760 bits per heavy atom. The third kappa shape index (κ3) is 3.65. The molecule has 0 bridgehead atoms. The molecule has 1 aromatic heterocycles. The van der Waals surface area contributed by atoms with Crippen LogP contribution in [0, 0.1) is 0 Å². The van der Waals surface area contributed by atoms with Crippen LogP contribution in [0.15, 0.2) is 91.1 Å². The summed E-state index contributed by atoms with van der Waals surface area (Å²) in [6.45, 7) is 0.844. The average molecular weight is 326 g/mol. The Balaban J connectivity index is 1.56. The van der Waals surface area contributed by atoms with Gasteiger partial charge in [-0.15, -0.1) is 0 Å². The van der Waals surface area contributed by atoms with E-state index in [1.54, 1.807) is 0 Å². The lowest BCUT2D eigenvalue weighted by Gasteiger charge is -2.19. The first kappa shape index (κ1) is 15.7. The van der Waals surface area contributed by atoms with Crippen LogP contribution in [0.4, 0.5) is 0 Å². The molecule has 0 aliphatic heterocycles. The smallest absolute Gasteiger partial charge is 0.0457 e. The van der Waals surface area contributed by atoms with Gasteiger partial charge in [-0.1, -0.05) is 78.9 Å². The number of rotatable bonds is 6. The Kier molecular flexibility index (Phi) is 4.62. The zero-order valence-electron chi connectivity index (χ0n) is 14.2. The minimum absolute atomic E-state index is 0.289. The largest absolute Gasteiger partial charge is 0.361 e. The molecule has 0 aliphatic carbocycles. The van der Waals surface area contributed by atoms with E-state index in [0.29, 0.717) is 0 Å². The van der Waals surface area contributed by atoms with Gasteiger partial charge in [-0.3, -0.25) is 0 Å². The molecular weight excluding hydrogens is 304 g/mol. The first-order chi connectivity index (χ1) is 12.4. The third-order valence-electron chi connectivity index (χ3n) is 4.70. The topological polar surface area (TPSA) is 27.8 Å². The van der Waals surface area contributed by atoms with E-state index in [-0.39, 0.29) is 6.04 Å². The fourth-order valence-corrected chi connectivity index (χ4v) is 3.35. The van der Waals surface area contributed by atoms with Crippen LogP contribution in [0.3, 0.4) is 0 Å². The fourth-order valence-electron chi connectivity index (χ4n) is 3.35. The van der Waals surface area contributed by atoms with Crippen molar-refractivity contribution in [3.63, 3.8) is 0 Å². The van der Waals surface area contributed by atoms with E-state index in [4.69, 9.17) is 0 Å². The van der Waals surface area contributed by atoms with Gasteiger partial charge in [-0.2, -0.15) is 0 Å². The monoisotopic (exact) mass is 326 g/mol. The highest BCUT2D eigenvalue weighted by atomic mass is 14.9. The number of fused-ring (bicyclic) bond motifs is 1. The Bertz CT molecular complexity index is 926. The standard InChI is InChI=1S/C23H22N2/c1-3-9-18(10-4-1)15-23(19-11-5-2-6-12-19)25-17-20-16-24-22-14-8-7-13-21(20)22/h1-14,16,23-25H,15,17H2. The zero-order chi connectivity index (χ0) is 16.9. The van der Waals surface area contributed by atoms with Gasteiger partial charge in [0.25, 0.3) is 0 Å². The van der Waals surface area contributed by atoms with Crippen molar-refractivity contribution < 1.29 is 0 Å². The number of benzene rings is 3. The van der Waals surface area contributed by atoms with Crippen molar-refractivity contribution in [2.75, 3.05) is 0 Å². The summed E-state index contributed by atoms with van der Waals surface area (Å²) in [5, 5.41) is 5.05. The molecule has 2 nitrogen and oxygen atoms in total. The van der Waals surface area contributed by atoms with Gasteiger partial charge < -0.3 is 10.3 Å². The molecule has 0 spiro atoms. The van der Waals surface area contributed by atoms with Gasteiger partial charge in [0.2, 0.25) is 0 Å². The zero-order valence-corrected chi connectivity index (χ0v) is 14.2. The van der Waals surface area contributed by atoms with Crippen molar-refractivity contribution in [3.05, 3.63) is 108 Å². The maximum atomic E-state index is 3.76. The van der Waals surface area contributed by atoms with Crippen LogP contribution in [0.5, 0.6) is 0 Å². The number of H-pyrrole nitrogens is 1. The predicted octanol–water partition coefficient (Wildman–Crippen LogP) is 5.24. The lowest BCUT2D eigenvalue weighted by molar-refractivity contribution is 0.532. The second-order valence-corrected chi connectivity index (χ2v) is 6.39. The van der Waals surface area contributed by atoms with Gasteiger partial charge in [-0.05, 0) is 29.2 Å². The average Bonchev–Trinajstić information content (AvgIpc) is 3.10. The molecule has 25 heavy (non-hydrogen) atoms. The maximum Gasteiger partial charge on any atom is 0.0457 e. The summed E-state index contributed by atoms with van der Waals surface area (Å²) in [5.74, 6) is 0. The molecule has 4 rings (SSSR count). The normalized spacial score (nSPS) is 12.3. The van der Waals surface area contributed by atoms with E-state index in [0.717, 1.165) is 13.0 Å². The SMILES string of the molecule is c1ccc(CC(NCc2c[nH]c3ccccc23)c2ccccc2)cc1. The summed E-state index contributed by atoms with van der Waals surface area (Å²) < 4.78 is 0. The molecule has 0 amide bonds. The molecule has 4 aromatic rings. The molecule has 124 valence electrons. The maximum absolute atomic E-state index is 3.76. The van der Waals surface area contributed by atoms with Crippen molar-refractivity contribution in [2.45, 2.75) is 19.0 Å². The summed E-state index contributed by atoms with van der Waals surface area (Å²) >= 11 is 0. The lowest BCUT2D eigenvalue weighted by atomic mass is 9.98. The van der Waals surface area contributed by atoms with Crippen molar-refractivity contribution in [1.82, 2.24) is 10.3 Å². The number of nitrogens with one attached hydrogen (secondary N) is 2. The molecule has 1 heterocycles. The molecule has 3 aromatic carbocycles. The van der Waals surface area contributed by atoms with Crippen LogP contribution < -0.4 is 5.32 Å². The fraction of sp³-hybridized carbons (Fsp3) is 0.130. The first-order valence-corrected chi connectivity index (χ1v) is 8.77. The second-order valence-electron chi connectivity index (χ2n) is 6.39. The van der Waals surface area contributed by atoms with Crippen molar-refractivity contribution >= 4 is 10.9 Å². The lowest BCUT2D eigenvalue weighted by Crippen LogP contribution is -2.22.